The van der Waals surface area contributed by atoms with Crippen LogP contribution in [0.15, 0.2) is 29.3 Å². The first-order chi connectivity index (χ1) is 7.15. The number of allylic oxidation sites excluding steroid dienone is 1. The van der Waals surface area contributed by atoms with E-state index in [9.17, 15) is 0 Å². The van der Waals surface area contributed by atoms with Gasteiger partial charge in [-0.2, -0.15) is 0 Å². The van der Waals surface area contributed by atoms with E-state index in [1.54, 1.807) is 6.07 Å². The molecule has 0 aliphatic heterocycles. The Morgan fingerprint density at radius 1 is 1.29 bits per heavy atom. The third kappa shape index (κ3) is 8.74. The molecular formula is C13H17BrNU2-. The Morgan fingerprint density at radius 2 is 1.82 bits per heavy atom. The third-order valence-electron chi connectivity index (χ3n) is 1.75. The van der Waals surface area contributed by atoms with Crippen LogP contribution >= 0.6 is 15.9 Å². The van der Waals surface area contributed by atoms with Gasteiger partial charge in [-0.1, -0.05) is 60.6 Å². The van der Waals surface area contributed by atoms with E-state index in [1.165, 1.54) is 0 Å². The molecule has 0 aliphatic rings. The normalized spacial score (nSPS) is 10.6. The molecule has 0 unspecified atom stereocenters. The largest absolute Gasteiger partial charge is 0.698 e. The maximum Gasteiger partial charge on any atom is 0.0109 e. The fourth-order valence-corrected chi connectivity index (χ4v) is 1.38. The number of hydrogen-bond donors (Lipinski definition) is 0. The first-order valence-corrected chi connectivity index (χ1v) is 5.77. The van der Waals surface area contributed by atoms with Crippen LogP contribution in [0.1, 0.15) is 20.8 Å². The molecule has 0 aromatic heterocycles. The summed E-state index contributed by atoms with van der Waals surface area (Å²) in [5.41, 5.74) is 8.22. The van der Waals surface area contributed by atoms with Gasteiger partial charge in [0.25, 0.3) is 0 Å². The van der Waals surface area contributed by atoms with Crippen molar-refractivity contribution in [1.82, 2.24) is 0 Å². The summed E-state index contributed by atoms with van der Waals surface area (Å²) < 4.78 is 0.787. The summed E-state index contributed by atoms with van der Waals surface area (Å²) in [5, 5.41) is 1.97. The standard InChI is InChI=1S/C11H11BrN.C2H6.2U/c1-3-9-5-4-6-11(13)10(9)7-8(2)12;1-2;;/h3-7,13H,2H2,1H3;1-2H3;;/q-1;;;/b9-3-,10-7+;;;. The van der Waals surface area contributed by atoms with Crippen molar-refractivity contribution in [2.75, 3.05) is 0 Å². The van der Waals surface area contributed by atoms with Crippen molar-refractivity contribution in [2.45, 2.75) is 20.8 Å². The molecule has 1 N–H and O–H groups in total. The minimum Gasteiger partial charge on any atom is -0.698 e. The van der Waals surface area contributed by atoms with Crippen LogP contribution in [0.5, 0.6) is 0 Å². The Kier molecular flexibility index (Phi) is 18.4. The molecule has 1 aromatic carbocycles. The molecule has 0 bridgehead atoms. The van der Waals surface area contributed by atoms with E-state index in [0.29, 0.717) is 5.69 Å². The van der Waals surface area contributed by atoms with Gasteiger partial charge in [-0.25, -0.2) is 0 Å². The monoisotopic (exact) mass is 742 g/mol. The second kappa shape index (κ2) is 13.5. The molecule has 0 atom stereocenters. The Hall–Kier alpha value is 1.08. The summed E-state index contributed by atoms with van der Waals surface area (Å²) in [4.78, 5) is 0. The van der Waals surface area contributed by atoms with Crippen molar-refractivity contribution in [3.8, 4) is 0 Å². The molecule has 0 fully saturated rings. The molecule has 4 heteroatoms. The smallest absolute Gasteiger partial charge is 0.0109 e. The van der Waals surface area contributed by atoms with Gasteiger partial charge in [-0.05, 0) is 23.4 Å². The maximum atomic E-state index is 7.70. The van der Waals surface area contributed by atoms with E-state index in [0.717, 1.165) is 14.9 Å². The second-order valence-corrected chi connectivity index (χ2v) is 3.71. The summed E-state index contributed by atoms with van der Waals surface area (Å²) in [6.45, 7) is 9.69. The SMILES string of the molecule is C=C(Br)/C=c1/c([NH-])ccc/c1=C/C.CC.[U].[U]. The molecule has 90 valence electrons. The molecule has 17 heavy (non-hydrogen) atoms. The topological polar surface area (TPSA) is 23.8 Å². The third-order valence-corrected chi connectivity index (χ3v) is 1.98. The van der Waals surface area contributed by atoms with Crippen LogP contribution < -0.4 is 10.4 Å². The van der Waals surface area contributed by atoms with E-state index in [4.69, 9.17) is 5.73 Å². The zero-order valence-corrected chi connectivity index (χ0v) is 20.4. The van der Waals surface area contributed by atoms with Gasteiger partial charge in [0, 0.05) is 66.7 Å². The van der Waals surface area contributed by atoms with Gasteiger partial charge in [0.05, 0.1) is 0 Å². The van der Waals surface area contributed by atoms with Gasteiger partial charge in [-0.3, -0.25) is 0 Å². The number of rotatable bonds is 1. The number of nitrogens with one attached hydrogen (secondary N) is 1. The van der Waals surface area contributed by atoms with Crippen LogP contribution in [0.25, 0.3) is 17.9 Å². The molecule has 0 amide bonds. The van der Waals surface area contributed by atoms with E-state index >= 15 is 0 Å². The number of halogens is 1. The van der Waals surface area contributed by atoms with Crippen molar-refractivity contribution in [3.05, 3.63) is 45.4 Å². The van der Waals surface area contributed by atoms with Gasteiger partial charge < -0.3 is 5.73 Å². The number of hydrogen-bond acceptors (Lipinski definition) is 0. The molecule has 0 aliphatic carbocycles. The zero-order chi connectivity index (χ0) is 11.8. The predicted molar refractivity (Wildman–Crippen MR) is 73.7 cm³/mol. The first-order valence-electron chi connectivity index (χ1n) is 4.98. The summed E-state index contributed by atoms with van der Waals surface area (Å²) in [5.74, 6) is 0. The average molecular weight is 743 g/mol. The molecule has 0 spiro atoms. The maximum absolute atomic E-state index is 7.70. The zero-order valence-electron chi connectivity index (χ0n) is 10.5. The second-order valence-electron chi connectivity index (χ2n) is 2.69. The minimum atomic E-state index is 0. The Balaban J connectivity index is -0.000000464. The van der Waals surface area contributed by atoms with Gasteiger partial charge in [0.2, 0.25) is 0 Å². The van der Waals surface area contributed by atoms with Crippen molar-refractivity contribution >= 4 is 33.8 Å². The average Bonchev–Trinajstić information content (AvgIpc) is 2.23. The predicted octanol–water partition coefficient (Wildman–Crippen LogP) is 3.89. The summed E-state index contributed by atoms with van der Waals surface area (Å²) in [6.07, 6.45) is 3.84. The summed E-state index contributed by atoms with van der Waals surface area (Å²) in [6, 6.07) is 5.64. The summed E-state index contributed by atoms with van der Waals surface area (Å²) >= 11 is 3.26. The van der Waals surface area contributed by atoms with E-state index < -0.39 is 0 Å². The molecule has 1 aromatic rings. The van der Waals surface area contributed by atoms with E-state index in [-0.39, 0.29) is 62.2 Å². The Morgan fingerprint density at radius 3 is 2.24 bits per heavy atom. The van der Waals surface area contributed by atoms with Crippen molar-refractivity contribution in [1.29, 1.82) is 0 Å². The van der Waals surface area contributed by atoms with E-state index in [1.807, 2.05) is 45.1 Å². The fraction of sp³-hybridized carbons (Fsp3) is 0.231. The van der Waals surface area contributed by atoms with Crippen molar-refractivity contribution in [3.63, 3.8) is 0 Å². The van der Waals surface area contributed by atoms with Crippen LogP contribution in [0.2, 0.25) is 0 Å². The van der Waals surface area contributed by atoms with Crippen LogP contribution in [0, 0.1) is 62.2 Å². The Labute approximate surface area is 160 Å². The minimum absolute atomic E-state index is 0. The van der Waals surface area contributed by atoms with Crippen LogP contribution in [0.4, 0.5) is 5.69 Å². The molecule has 1 rings (SSSR count). The van der Waals surface area contributed by atoms with Gasteiger partial charge in [0.15, 0.2) is 0 Å². The van der Waals surface area contributed by atoms with Gasteiger partial charge >= 0.3 is 0 Å². The van der Waals surface area contributed by atoms with Crippen LogP contribution in [-0.4, -0.2) is 0 Å². The van der Waals surface area contributed by atoms with Crippen molar-refractivity contribution in [2.24, 2.45) is 0 Å². The quantitative estimate of drug-likeness (QED) is 0.418. The van der Waals surface area contributed by atoms with Gasteiger partial charge in [0.1, 0.15) is 0 Å². The molecule has 0 radical (unpaired) electrons. The molecule has 1 nitrogen and oxygen atoms in total. The number of benzene rings is 1. The van der Waals surface area contributed by atoms with E-state index in [2.05, 4.69) is 22.5 Å². The molecule has 0 saturated heterocycles. The van der Waals surface area contributed by atoms with Crippen molar-refractivity contribution < 1.29 is 62.2 Å². The van der Waals surface area contributed by atoms with Crippen LogP contribution in [-0.2, 0) is 0 Å². The first kappa shape index (κ1) is 23.2. The molecular weight excluding hydrogens is 726 g/mol. The Bertz CT molecular complexity index is 441. The van der Waals surface area contributed by atoms with Crippen LogP contribution in [0.3, 0.4) is 0 Å². The summed E-state index contributed by atoms with van der Waals surface area (Å²) in [7, 11) is 0. The molecule has 0 saturated carbocycles. The molecule has 0 heterocycles. The fourth-order valence-electron chi connectivity index (χ4n) is 1.15. The van der Waals surface area contributed by atoms with Gasteiger partial charge in [-0.15, -0.1) is 5.69 Å².